The van der Waals surface area contributed by atoms with Crippen LogP contribution in [0.5, 0.6) is 5.75 Å². The van der Waals surface area contributed by atoms with E-state index >= 15 is 0 Å². The Morgan fingerprint density at radius 1 is 1.31 bits per heavy atom. The Morgan fingerprint density at radius 2 is 2.19 bits per heavy atom. The lowest BCUT2D eigenvalue weighted by Gasteiger charge is -2.21. The third-order valence-electron chi connectivity index (χ3n) is 2.76. The molecule has 2 N–H and O–H groups in total. The number of hydrogen-bond donors (Lipinski definition) is 1. The number of halogens is 1. The average molecular weight is 286 g/mol. The number of ether oxygens (including phenoxy) is 2. The molecule has 1 aromatic rings. The molecule has 0 aliphatic carbocycles. The van der Waals surface area contributed by atoms with Crippen LogP contribution in [0.2, 0.25) is 0 Å². The van der Waals surface area contributed by atoms with E-state index in [1.807, 2.05) is 12.1 Å². The third-order valence-corrected chi connectivity index (χ3v) is 3.50. The van der Waals surface area contributed by atoms with Crippen molar-refractivity contribution >= 4 is 15.9 Å². The van der Waals surface area contributed by atoms with Crippen LogP contribution < -0.4 is 10.5 Å². The fourth-order valence-electron chi connectivity index (χ4n) is 1.90. The highest BCUT2D eigenvalue weighted by Crippen LogP contribution is 2.33. The van der Waals surface area contributed by atoms with Crippen LogP contribution in [0.3, 0.4) is 0 Å². The lowest BCUT2D eigenvalue weighted by Crippen LogP contribution is -2.13. The summed E-state index contributed by atoms with van der Waals surface area (Å²) in [6.07, 6.45) is 3.18. The van der Waals surface area contributed by atoms with Crippen molar-refractivity contribution in [1.29, 1.82) is 0 Å². The molecule has 16 heavy (non-hydrogen) atoms. The molecule has 1 aliphatic rings. The predicted octanol–water partition coefficient (Wildman–Crippen LogP) is 2.60. The molecule has 2 rings (SSSR count). The standard InChI is InChI=1S/C12H16BrNO2/c13-11-4-5-12-10(7-15-8-16-12)9(11)3-1-2-6-14/h4-5H,1-3,6-8,14H2. The molecule has 0 saturated carbocycles. The van der Waals surface area contributed by atoms with Gasteiger partial charge in [0.25, 0.3) is 0 Å². The van der Waals surface area contributed by atoms with Gasteiger partial charge in [-0.1, -0.05) is 15.9 Å². The Bertz CT molecular complexity index is 368. The van der Waals surface area contributed by atoms with E-state index in [4.69, 9.17) is 15.2 Å². The molecule has 0 aromatic heterocycles. The second-order valence-corrected chi connectivity index (χ2v) is 4.71. The van der Waals surface area contributed by atoms with Crippen molar-refractivity contribution in [3.63, 3.8) is 0 Å². The maximum atomic E-state index is 5.51. The van der Waals surface area contributed by atoms with Gasteiger partial charge in [0.1, 0.15) is 5.75 Å². The molecule has 0 amide bonds. The molecule has 0 unspecified atom stereocenters. The minimum absolute atomic E-state index is 0.358. The number of benzene rings is 1. The van der Waals surface area contributed by atoms with Gasteiger partial charge < -0.3 is 15.2 Å². The molecular weight excluding hydrogens is 270 g/mol. The number of unbranched alkanes of at least 4 members (excludes halogenated alkanes) is 1. The number of fused-ring (bicyclic) bond motifs is 1. The van der Waals surface area contributed by atoms with Crippen LogP contribution in [-0.4, -0.2) is 13.3 Å². The molecular formula is C12H16BrNO2. The Morgan fingerprint density at radius 3 is 3.00 bits per heavy atom. The summed E-state index contributed by atoms with van der Waals surface area (Å²) in [4.78, 5) is 0. The molecule has 0 spiro atoms. The number of rotatable bonds is 4. The SMILES string of the molecule is NCCCCc1c(Br)ccc2c1COCO2. The Hall–Kier alpha value is -0.580. The zero-order chi connectivity index (χ0) is 11.4. The summed E-state index contributed by atoms with van der Waals surface area (Å²) in [5.74, 6) is 0.956. The first-order valence-corrected chi connectivity index (χ1v) is 6.33. The van der Waals surface area contributed by atoms with Crippen LogP contribution >= 0.6 is 15.9 Å². The quantitative estimate of drug-likeness (QED) is 0.865. The van der Waals surface area contributed by atoms with Crippen molar-refractivity contribution in [2.45, 2.75) is 25.9 Å². The van der Waals surface area contributed by atoms with E-state index in [2.05, 4.69) is 15.9 Å². The van der Waals surface area contributed by atoms with Gasteiger partial charge in [-0.15, -0.1) is 0 Å². The molecule has 0 bridgehead atoms. The van der Waals surface area contributed by atoms with Gasteiger partial charge in [0.15, 0.2) is 6.79 Å². The predicted molar refractivity (Wildman–Crippen MR) is 66.4 cm³/mol. The summed E-state index contributed by atoms with van der Waals surface area (Å²) < 4.78 is 11.9. The number of hydrogen-bond acceptors (Lipinski definition) is 3. The van der Waals surface area contributed by atoms with E-state index in [0.717, 1.165) is 36.0 Å². The van der Waals surface area contributed by atoms with Crippen LogP contribution in [0.4, 0.5) is 0 Å². The van der Waals surface area contributed by atoms with E-state index in [1.54, 1.807) is 0 Å². The van der Waals surface area contributed by atoms with Crippen LogP contribution in [0.25, 0.3) is 0 Å². The summed E-state index contributed by atoms with van der Waals surface area (Å²) in [5.41, 5.74) is 7.98. The third kappa shape index (κ3) is 2.56. The van der Waals surface area contributed by atoms with Gasteiger partial charge in [-0.3, -0.25) is 0 Å². The van der Waals surface area contributed by atoms with E-state index in [0.29, 0.717) is 13.4 Å². The molecule has 1 aromatic carbocycles. The van der Waals surface area contributed by atoms with Gasteiger partial charge in [0.2, 0.25) is 0 Å². The highest BCUT2D eigenvalue weighted by molar-refractivity contribution is 9.10. The normalized spacial score (nSPS) is 14.4. The van der Waals surface area contributed by atoms with Crippen molar-refractivity contribution in [2.75, 3.05) is 13.3 Å². The largest absolute Gasteiger partial charge is 0.467 e. The summed E-state index contributed by atoms with van der Waals surface area (Å²) in [6, 6.07) is 4.04. The molecule has 88 valence electrons. The highest BCUT2D eigenvalue weighted by atomic mass is 79.9. The smallest absolute Gasteiger partial charge is 0.189 e. The molecule has 0 atom stereocenters. The van der Waals surface area contributed by atoms with Crippen LogP contribution in [-0.2, 0) is 17.8 Å². The lowest BCUT2D eigenvalue weighted by atomic mass is 10.0. The van der Waals surface area contributed by atoms with Crippen molar-refractivity contribution in [3.8, 4) is 5.75 Å². The molecule has 1 heterocycles. The van der Waals surface area contributed by atoms with E-state index in [1.165, 1.54) is 11.1 Å². The van der Waals surface area contributed by atoms with Crippen molar-refractivity contribution in [2.24, 2.45) is 5.73 Å². The topological polar surface area (TPSA) is 44.5 Å². The van der Waals surface area contributed by atoms with Gasteiger partial charge in [-0.2, -0.15) is 0 Å². The molecule has 0 fully saturated rings. The van der Waals surface area contributed by atoms with Crippen LogP contribution in [0, 0.1) is 0 Å². The van der Waals surface area contributed by atoms with Crippen molar-refractivity contribution in [3.05, 3.63) is 27.7 Å². The molecule has 1 aliphatic heterocycles. The van der Waals surface area contributed by atoms with Gasteiger partial charge >= 0.3 is 0 Å². The maximum absolute atomic E-state index is 5.51. The summed E-state index contributed by atoms with van der Waals surface area (Å²) in [6.45, 7) is 1.75. The lowest BCUT2D eigenvalue weighted by molar-refractivity contribution is -0.0169. The molecule has 3 nitrogen and oxygen atoms in total. The fraction of sp³-hybridized carbons (Fsp3) is 0.500. The van der Waals surface area contributed by atoms with Gasteiger partial charge in [0.05, 0.1) is 6.61 Å². The maximum Gasteiger partial charge on any atom is 0.189 e. The van der Waals surface area contributed by atoms with Crippen molar-refractivity contribution in [1.82, 2.24) is 0 Å². The summed E-state index contributed by atoms with van der Waals surface area (Å²) >= 11 is 3.59. The zero-order valence-electron chi connectivity index (χ0n) is 9.17. The Kier molecular flexibility index (Phi) is 4.21. The summed E-state index contributed by atoms with van der Waals surface area (Å²) in [7, 11) is 0. The van der Waals surface area contributed by atoms with Gasteiger partial charge in [-0.05, 0) is 43.5 Å². The van der Waals surface area contributed by atoms with Crippen molar-refractivity contribution < 1.29 is 9.47 Å². The van der Waals surface area contributed by atoms with Crippen LogP contribution in [0.1, 0.15) is 24.0 Å². The Labute approximate surface area is 104 Å². The van der Waals surface area contributed by atoms with E-state index < -0.39 is 0 Å². The monoisotopic (exact) mass is 285 g/mol. The number of nitrogens with two attached hydrogens (primary N) is 1. The summed E-state index contributed by atoms with van der Waals surface area (Å²) in [5, 5.41) is 0. The van der Waals surface area contributed by atoms with Gasteiger partial charge in [0, 0.05) is 10.0 Å². The second-order valence-electron chi connectivity index (χ2n) is 3.86. The molecule has 0 saturated heterocycles. The first-order valence-electron chi connectivity index (χ1n) is 5.54. The van der Waals surface area contributed by atoms with Gasteiger partial charge in [-0.25, -0.2) is 0 Å². The van der Waals surface area contributed by atoms with Crippen LogP contribution in [0.15, 0.2) is 16.6 Å². The fourth-order valence-corrected chi connectivity index (χ4v) is 2.47. The highest BCUT2D eigenvalue weighted by Gasteiger charge is 2.16. The average Bonchev–Trinajstić information content (AvgIpc) is 2.32. The van der Waals surface area contributed by atoms with E-state index in [-0.39, 0.29) is 0 Å². The minimum atomic E-state index is 0.358. The zero-order valence-corrected chi connectivity index (χ0v) is 10.8. The molecule has 4 heteroatoms. The van der Waals surface area contributed by atoms with E-state index in [9.17, 15) is 0 Å². The minimum Gasteiger partial charge on any atom is -0.467 e. The second kappa shape index (κ2) is 5.66. The molecule has 0 radical (unpaired) electrons. The Balaban J connectivity index is 2.20. The first-order chi connectivity index (χ1) is 7.83. The first kappa shape index (κ1) is 11.9.